The SMILES string of the molecule is CCCCCCCCCCOCCOCCOS(=O)(=O)c1ccc(C)cc1. The molecule has 0 bridgehead atoms. The zero-order valence-corrected chi connectivity index (χ0v) is 17.8. The Hall–Kier alpha value is -0.950. The van der Waals surface area contributed by atoms with Gasteiger partial charge in [0, 0.05) is 6.61 Å². The monoisotopic (exact) mass is 400 g/mol. The molecule has 27 heavy (non-hydrogen) atoms. The van der Waals surface area contributed by atoms with Gasteiger partial charge in [-0.15, -0.1) is 0 Å². The van der Waals surface area contributed by atoms with Crippen LogP contribution in [0.5, 0.6) is 0 Å². The number of benzene rings is 1. The van der Waals surface area contributed by atoms with E-state index in [1.165, 1.54) is 44.9 Å². The highest BCUT2D eigenvalue weighted by Crippen LogP contribution is 2.13. The van der Waals surface area contributed by atoms with E-state index in [2.05, 4.69) is 6.92 Å². The van der Waals surface area contributed by atoms with Gasteiger partial charge in [0.1, 0.15) is 0 Å². The van der Waals surface area contributed by atoms with Crippen LogP contribution in [0.1, 0.15) is 63.9 Å². The van der Waals surface area contributed by atoms with Crippen LogP contribution in [0.4, 0.5) is 0 Å². The average Bonchev–Trinajstić information content (AvgIpc) is 2.65. The Kier molecular flexibility index (Phi) is 13.4. The summed E-state index contributed by atoms with van der Waals surface area (Å²) in [6.07, 6.45) is 10.3. The summed E-state index contributed by atoms with van der Waals surface area (Å²) in [7, 11) is -3.71. The van der Waals surface area contributed by atoms with Crippen LogP contribution in [0, 0.1) is 6.92 Å². The number of rotatable bonds is 17. The van der Waals surface area contributed by atoms with Crippen molar-refractivity contribution in [3.05, 3.63) is 29.8 Å². The fraction of sp³-hybridized carbons (Fsp3) is 0.714. The first-order valence-electron chi connectivity index (χ1n) is 10.2. The van der Waals surface area contributed by atoms with Crippen LogP contribution in [0.2, 0.25) is 0 Å². The summed E-state index contributed by atoms with van der Waals surface area (Å²) in [6.45, 7) is 6.12. The van der Waals surface area contributed by atoms with Crippen LogP contribution in [0.25, 0.3) is 0 Å². The molecule has 1 rings (SSSR count). The first kappa shape index (κ1) is 24.1. The molecule has 0 aromatic heterocycles. The topological polar surface area (TPSA) is 61.8 Å². The highest BCUT2D eigenvalue weighted by Gasteiger charge is 2.14. The van der Waals surface area contributed by atoms with E-state index < -0.39 is 10.1 Å². The summed E-state index contributed by atoms with van der Waals surface area (Å²) < 4.78 is 39.8. The molecule has 0 saturated heterocycles. The number of hydrogen-bond acceptors (Lipinski definition) is 5. The Morgan fingerprint density at radius 3 is 1.85 bits per heavy atom. The van der Waals surface area contributed by atoms with Crippen molar-refractivity contribution in [2.24, 2.45) is 0 Å². The van der Waals surface area contributed by atoms with E-state index in [1.54, 1.807) is 24.3 Å². The normalized spacial score (nSPS) is 11.8. The van der Waals surface area contributed by atoms with E-state index >= 15 is 0 Å². The van der Waals surface area contributed by atoms with E-state index in [1.807, 2.05) is 6.92 Å². The quantitative estimate of drug-likeness (QED) is 0.276. The van der Waals surface area contributed by atoms with Crippen LogP contribution in [-0.2, 0) is 23.8 Å². The molecule has 1 aromatic rings. The molecule has 6 heteroatoms. The molecule has 1 aromatic carbocycles. The Morgan fingerprint density at radius 2 is 1.22 bits per heavy atom. The zero-order chi connectivity index (χ0) is 19.8. The summed E-state index contributed by atoms with van der Waals surface area (Å²) >= 11 is 0. The maximum absolute atomic E-state index is 12.0. The highest BCUT2D eigenvalue weighted by atomic mass is 32.2. The van der Waals surface area contributed by atoms with E-state index in [9.17, 15) is 8.42 Å². The van der Waals surface area contributed by atoms with Gasteiger partial charge in [-0.05, 0) is 25.5 Å². The first-order valence-corrected chi connectivity index (χ1v) is 11.6. The second kappa shape index (κ2) is 15.0. The van der Waals surface area contributed by atoms with Crippen molar-refractivity contribution < 1.29 is 22.1 Å². The maximum atomic E-state index is 12.0. The molecule has 0 saturated carbocycles. The van der Waals surface area contributed by atoms with Crippen LogP contribution >= 0.6 is 0 Å². The van der Waals surface area contributed by atoms with Gasteiger partial charge in [0.15, 0.2) is 0 Å². The fourth-order valence-electron chi connectivity index (χ4n) is 2.64. The summed E-state index contributed by atoms with van der Waals surface area (Å²) in [5.74, 6) is 0. The maximum Gasteiger partial charge on any atom is 0.297 e. The summed E-state index contributed by atoms with van der Waals surface area (Å²) in [4.78, 5) is 0.168. The lowest BCUT2D eigenvalue weighted by molar-refractivity contribution is 0.0359. The van der Waals surface area contributed by atoms with Gasteiger partial charge in [0.2, 0.25) is 0 Å². The molecular weight excluding hydrogens is 364 g/mol. The average molecular weight is 401 g/mol. The lowest BCUT2D eigenvalue weighted by atomic mass is 10.1. The second-order valence-corrected chi connectivity index (χ2v) is 8.40. The number of hydrogen-bond donors (Lipinski definition) is 0. The molecule has 0 radical (unpaired) electrons. The van der Waals surface area contributed by atoms with Crippen LogP contribution in [-0.4, -0.2) is 41.5 Å². The molecular formula is C21H36O5S. The molecule has 0 fully saturated rings. The minimum absolute atomic E-state index is 0.00818. The Morgan fingerprint density at radius 1 is 0.704 bits per heavy atom. The van der Waals surface area contributed by atoms with Gasteiger partial charge in [0.25, 0.3) is 10.1 Å². The smallest absolute Gasteiger partial charge is 0.297 e. The summed E-state index contributed by atoms with van der Waals surface area (Å²) in [5.41, 5.74) is 1.00. The van der Waals surface area contributed by atoms with Crippen molar-refractivity contribution >= 4 is 10.1 Å². The molecule has 0 heterocycles. The highest BCUT2D eigenvalue weighted by molar-refractivity contribution is 7.86. The predicted molar refractivity (Wildman–Crippen MR) is 109 cm³/mol. The van der Waals surface area contributed by atoms with Gasteiger partial charge in [-0.3, -0.25) is 4.18 Å². The lowest BCUT2D eigenvalue weighted by Crippen LogP contribution is -2.13. The van der Waals surface area contributed by atoms with Crippen molar-refractivity contribution in [2.45, 2.75) is 70.1 Å². The van der Waals surface area contributed by atoms with Crippen molar-refractivity contribution in [3.63, 3.8) is 0 Å². The molecule has 0 aliphatic heterocycles. The zero-order valence-electron chi connectivity index (χ0n) is 17.0. The number of ether oxygens (including phenoxy) is 2. The van der Waals surface area contributed by atoms with E-state index in [0.717, 1.165) is 18.6 Å². The number of aryl methyl sites for hydroxylation is 1. The number of unbranched alkanes of at least 4 members (excludes halogenated alkanes) is 7. The third-order valence-electron chi connectivity index (χ3n) is 4.29. The summed E-state index contributed by atoms with van der Waals surface area (Å²) in [5, 5.41) is 0. The van der Waals surface area contributed by atoms with E-state index in [4.69, 9.17) is 13.7 Å². The first-order chi connectivity index (χ1) is 13.1. The van der Waals surface area contributed by atoms with Crippen LogP contribution < -0.4 is 0 Å². The van der Waals surface area contributed by atoms with Crippen LogP contribution in [0.3, 0.4) is 0 Å². The minimum Gasteiger partial charge on any atom is -0.379 e. The Labute approximate surface area is 165 Å². The van der Waals surface area contributed by atoms with Gasteiger partial charge < -0.3 is 9.47 Å². The molecule has 0 N–H and O–H groups in total. The fourth-order valence-corrected chi connectivity index (χ4v) is 3.53. The van der Waals surface area contributed by atoms with Gasteiger partial charge >= 0.3 is 0 Å². The van der Waals surface area contributed by atoms with Crippen molar-refractivity contribution in [2.75, 3.05) is 33.0 Å². The third kappa shape index (κ3) is 12.2. The standard InChI is InChI=1S/C21H36O5S/c1-3-4-5-6-7-8-9-10-15-24-16-17-25-18-19-26-27(22,23)21-13-11-20(2)12-14-21/h11-14H,3-10,15-19H2,1-2H3. The Bertz CT molecular complexity index is 569. The largest absolute Gasteiger partial charge is 0.379 e. The summed E-state index contributed by atoms with van der Waals surface area (Å²) in [6, 6.07) is 6.59. The molecule has 0 atom stereocenters. The molecule has 156 valence electrons. The van der Waals surface area contributed by atoms with Crippen molar-refractivity contribution in [1.29, 1.82) is 0 Å². The molecule has 0 aliphatic rings. The minimum atomic E-state index is -3.71. The molecule has 0 amide bonds. The predicted octanol–water partition coefficient (Wildman–Crippen LogP) is 4.87. The van der Waals surface area contributed by atoms with Crippen molar-refractivity contribution in [3.8, 4) is 0 Å². The van der Waals surface area contributed by atoms with Crippen LogP contribution in [0.15, 0.2) is 29.2 Å². The van der Waals surface area contributed by atoms with Gasteiger partial charge in [-0.25, -0.2) is 0 Å². The molecule has 0 unspecified atom stereocenters. The van der Waals surface area contributed by atoms with E-state index in [0.29, 0.717) is 13.2 Å². The second-order valence-electron chi connectivity index (χ2n) is 6.79. The molecule has 0 aliphatic carbocycles. The van der Waals surface area contributed by atoms with Gasteiger partial charge in [-0.1, -0.05) is 69.6 Å². The van der Waals surface area contributed by atoms with Gasteiger partial charge in [-0.2, -0.15) is 8.42 Å². The third-order valence-corrected chi connectivity index (χ3v) is 5.62. The lowest BCUT2D eigenvalue weighted by Gasteiger charge is -2.08. The van der Waals surface area contributed by atoms with E-state index in [-0.39, 0.29) is 18.1 Å². The van der Waals surface area contributed by atoms with Gasteiger partial charge in [0.05, 0.1) is 31.3 Å². The molecule has 5 nitrogen and oxygen atoms in total. The molecule has 0 spiro atoms. The van der Waals surface area contributed by atoms with Crippen molar-refractivity contribution in [1.82, 2.24) is 0 Å². The Balaban J connectivity index is 1.91.